The molecule has 0 spiro atoms. The molecule has 0 aliphatic carbocycles. The summed E-state index contributed by atoms with van der Waals surface area (Å²) >= 11 is 5.60. The van der Waals surface area contributed by atoms with Crippen molar-refractivity contribution in [3.05, 3.63) is 29.0 Å². The summed E-state index contributed by atoms with van der Waals surface area (Å²) in [7, 11) is 0. The predicted molar refractivity (Wildman–Crippen MR) is 47.5 cm³/mol. The van der Waals surface area contributed by atoms with E-state index in [0.717, 1.165) is 0 Å². The first-order chi connectivity index (χ1) is 4.70. The third kappa shape index (κ3) is 2.74. The fourth-order valence-corrected chi connectivity index (χ4v) is 0.712. The quantitative estimate of drug-likeness (QED) is 0.522. The third-order valence-electron chi connectivity index (χ3n) is 0.998. The van der Waals surface area contributed by atoms with Gasteiger partial charge in [0, 0.05) is 11.2 Å². The van der Waals surface area contributed by atoms with Crippen LogP contribution in [0.1, 0.15) is 5.69 Å². The van der Waals surface area contributed by atoms with Crippen LogP contribution in [-0.2, 0) is 0 Å². The zero-order chi connectivity index (χ0) is 7.56. The average molecular weight is 192 g/mol. The number of pyridine rings is 1. The number of nitrogen functional groups attached to an aromatic ring is 1. The van der Waals surface area contributed by atoms with Crippen LogP contribution in [0.25, 0.3) is 0 Å². The van der Waals surface area contributed by atoms with Crippen molar-refractivity contribution in [3.8, 4) is 0 Å². The van der Waals surface area contributed by atoms with Crippen LogP contribution >= 0.6 is 24.0 Å². The maximum atomic E-state index is 6.99. The van der Waals surface area contributed by atoms with Gasteiger partial charge in [-0.25, -0.2) is 0 Å². The highest BCUT2D eigenvalue weighted by Gasteiger charge is 1.96. The third-order valence-corrected chi connectivity index (χ3v) is 1.23. The Morgan fingerprint density at radius 3 is 2.64 bits per heavy atom. The van der Waals surface area contributed by atoms with E-state index >= 15 is 0 Å². The number of nitrogens with zero attached hydrogens (tertiary/aromatic N) is 1. The minimum Gasteiger partial charge on any atom is -0.382 e. The molecule has 1 rings (SSSR count). The molecule has 1 aromatic rings. The van der Waals surface area contributed by atoms with E-state index in [1.54, 1.807) is 12.1 Å². The molecule has 0 unspecified atom stereocenters. The lowest BCUT2D eigenvalue weighted by Gasteiger charge is -1.94. The number of nitrogens with two attached hydrogens (primary N) is 1. The Hall–Kier alpha value is -0.800. The van der Waals surface area contributed by atoms with Crippen molar-refractivity contribution >= 4 is 29.8 Å². The van der Waals surface area contributed by atoms with Crippen molar-refractivity contribution in [3.63, 3.8) is 0 Å². The molecule has 0 radical (unpaired) electrons. The summed E-state index contributed by atoms with van der Waals surface area (Å²) < 4.78 is 0. The zero-order valence-electron chi connectivity index (χ0n) is 5.54. The van der Waals surface area contributed by atoms with Crippen LogP contribution in [0.4, 0.5) is 0 Å². The normalized spacial score (nSPS) is 8.45. The van der Waals surface area contributed by atoms with Gasteiger partial charge in [-0.1, -0.05) is 11.6 Å². The second kappa shape index (κ2) is 4.16. The fraction of sp³-hybridized carbons (Fsp3) is 0. The number of halogens is 2. The fourth-order valence-electron chi connectivity index (χ4n) is 0.552. The van der Waals surface area contributed by atoms with Gasteiger partial charge < -0.3 is 5.73 Å². The van der Waals surface area contributed by atoms with Crippen LogP contribution in [0.2, 0.25) is 5.02 Å². The van der Waals surface area contributed by atoms with Gasteiger partial charge in [0.05, 0.1) is 0 Å². The highest BCUT2D eigenvalue weighted by atomic mass is 35.5. The highest BCUT2D eigenvalue weighted by Crippen LogP contribution is 2.06. The molecule has 11 heavy (non-hydrogen) atoms. The van der Waals surface area contributed by atoms with Gasteiger partial charge >= 0.3 is 0 Å². The van der Waals surface area contributed by atoms with Crippen LogP contribution < -0.4 is 5.73 Å². The van der Waals surface area contributed by atoms with Crippen LogP contribution in [0.3, 0.4) is 0 Å². The molecule has 1 aromatic heterocycles. The summed E-state index contributed by atoms with van der Waals surface area (Å²) in [6.07, 6.45) is 1.51. The summed E-state index contributed by atoms with van der Waals surface area (Å²) in [6.45, 7) is 0. The summed E-state index contributed by atoms with van der Waals surface area (Å²) in [5.41, 5.74) is 5.55. The first-order valence-electron chi connectivity index (χ1n) is 2.66. The Labute approximate surface area is 75.5 Å². The van der Waals surface area contributed by atoms with Gasteiger partial charge in [0.1, 0.15) is 11.5 Å². The second-order valence-electron chi connectivity index (χ2n) is 1.77. The minimum absolute atomic E-state index is 0. The summed E-state index contributed by atoms with van der Waals surface area (Å²) in [5.74, 6) is -0.0671. The smallest absolute Gasteiger partial charge is 0.141 e. The minimum atomic E-state index is -0.0671. The summed E-state index contributed by atoms with van der Waals surface area (Å²) in [4.78, 5) is 3.81. The largest absolute Gasteiger partial charge is 0.382 e. The number of rotatable bonds is 1. The Bertz CT molecular complexity index is 262. The van der Waals surface area contributed by atoms with Crippen molar-refractivity contribution in [2.24, 2.45) is 5.73 Å². The van der Waals surface area contributed by atoms with Crippen LogP contribution in [0.15, 0.2) is 18.3 Å². The maximum absolute atomic E-state index is 6.99. The van der Waals surface area contributed by atoms with Gasteiger partial charge in [0.2, 0.25) is 0 Å². The van der Waals surface area contributed by atoms with E-state index in [9.17, 15) is 0 Å². The van der Waals surface area contributed by atoms with E-state index < -0.39 is 0 Å². The number of aromatic nitrogens is 1. The Balaban J connectivity index is 0.000001000. The number of amidine groups is 1. The molecule has 0 atom stereocenters. The van der Waals surface area contributed by atoms with Crippen molar-refractivity contribution in [2.75, 3.05) is 0 Å². The van der Waals surface area contributed by atoms with Crippen LogP contribution in [0, 0.1) is 5.41 Å². The van der Waals surface area contributed by atoms with Crippen molar-refractivity contribution < 1.29 is 0 Å². The lowest BCUT2D eigenvalue weighted by molar-refractivity contribution is 1.26. The lowest BCUT2D eigenvalue weighted by Crippen LogP contribution is -2.12. The Morgan fingerprint density at radius 2 is 2.27 bits per heavy atom. The standard InChI is InChI=1S/C6H6ClN3.ClH/c7-4-1-2-10-5(3-4)6(8)9;/h1-3H,(H3,8,9);1H. The van der Waals surface area contributed by atoms with Gasteiger partial charge in [0.25, 0.3) is 0 Å². The molecule has 0 fully saturated rings. The van der Waals surface area contributed by atoms with E-state index in [2.05, 4.69) is 4.98 Å². The molecule has 3 nitrogen and oxygen atoms in total. The topological polar surface area (TPSA) is 62.8 Å². The molecule has 0 amide bonds. The molecule has 0 saturated carbocycles. The van der Waals surface area contributed by atoms with E-state index in [1.807, 2.05) is 0 Å². The molecular weight excluding hydrogens is 185 g/mol. The number of nitrogens with one attached hydrogen (secondary N) is 1. The molecule has 0 aliphatic rings. The first-order valence-corrected chi connectivity index (χ1v) is 3.04. The van der Waals surface area contributed by atoms with Gasteiger partial charge in [-0.2, -0.15) is 0 Å². The van der Waals surface area contributed by atoms with Crippen LogP contribution in [-0.4, -0.2) is 10.8 Å². The monoisotopic (exact) mass is 191 g/mol. The van der Waals surface area contributed by atoms with Crippen molar-refractivity contribution in [1.82, 2.24) is 4.98 Å². The number of hydrogen-bond donors (Lipinski definition) is 2. The molecular formula is C6H7Cl2N3. The van der Waals surface area contributed by atoms with Crippen molar-refractivity contribution in [2.45, 2.75) is 0 Å². The predicted octanol–water partition coefficient (Wildman–Crippen LogP) is 1.44. The Morgan fingerprint density at radius 1 is 1.64 bits per heavy atom. The maximum Gasteiger partial charge on any atom is 0.141 e. The highest BCUT2D eigenvalue weighted by molar-refractivity contribution is 6.30. The summed E-state index contributed by atoms with van der Waals surface area (Å²) in [5, 5.41) is 7.53. The summed E-state index contributed by atoms with van der Waals surface area (Å²) in [6, 6.07) is 3.18. The van der Waals surface area contributed by atoms with Crippen molar-refractivity contribution in [1.29, 1.82) is 5.41 Å². The van der Waals surface area contributed by atoms with E-state index in [-0.39, 0.29) is 18.2 Å². The second-order valence-corrected chi connectivity index (χ2v) is 2.21. The molecule has 0 aromatic carbocycles. The average Bonchev–Trinajstić information content (AvgIpc) is 1.88. The molecule has 3 N–H and O–H groups in total. The van der Waals surface area contributed by atoms with Gasteiger partial charge in [-0.15, -0.1) is 12.4 Å². The Kier molecular flexibility index (Phi) is 3.85. The van der Waals surface area contributed by atoms with Crippen LogP contribution in [0.5, 0.6) is 0 Å². The first kappa shape index (κ1) is 10.2. The number of hydrogen-bond acceptors (Lipinski definition) is 2. The molecule has 0 aliphatic heterocycles. The molecule has 60 valence electrons. The van der Waals surface area contributed by atoms with E-state index in [4.69, 9.17) is 22.7 Å². The molecule has 1 heterocycles. The molecule has 0 bridgehead atoms. The zero-order valence-corrected chi connectivity index (χ0v) is 7.12. The van der Waals surface area contributed by atoms with Gasteiger partial charge in [-0.3, -0.25) is 10.4 Å². The molecule has 5 heteroatoms. The van der Waals surface area contributed by atoms with Gasteiger partial charge in [-0.05, 0) is 12.1 Å². The lowest BCUT2D eigenvalue weighted by atomic mass is 10.3. The van der Waals surface area contributed by atoms with Gasteiger partial charge in [0.15, 0.2) is 0 Å². The molecule has 0 saturated heterocycles. The SMILES string of the molecule is Cl.N=C(N)c1cc(Cl)ccn1. The van der Waals surface area contributed by atoms with E-state index in [0.29, 0.717) is 10.7 Å². The van der Waals surface area contributed by atoms with E-state index in [1.165, 1.54) is 6.20 Å².